The number of sulfonamides is 1. The van der Waals surface area contributed by atoms with E-state index in [0.29, 0.717) is 30.3 Å². The first-order valence-corrected chi connectivity index (χ1v) is 11.1. The van der Waals surface area contributed by atoms with Crippen LogP contribution in [0.4, 0.5) is 5.82 Å². The number of fused-ring (bicyclic) bond motifs is 1. The van der Waals surface area contributed by atoms with Gasteiger partial charge in [0.1, 0.15) is 5.82 Å². The van der Waals surface area contributed by atoms with E-state index in [9.17, 15) is 8.42 Å². The maximum atomic E-state index is 12.3. The monoisotopic (exact) mass is 418 g/mol. The smallest absolute Gasteiger partial charge is 0.240 e. The van der Waals surface area contributed by atoms with Gasteiger partial charge < -0.3 is 10.1 Å². The second kappa shape index (κ2) is 9.77. The molecule has 3 aromatic rings. The zero-order chi connectivity index (χ0) is 20.7. The predicted octanol–water partition coefficient (Wildman–Crippen LogP) is 1.87. The normalized spacial score (nSPS) is 12.0. The van der Waals surface area contributed by atoms with Crippen molar-refractivity contribution >= 4 is 21.5 Å². The molecule has 2 heterocycles. The number of nitrogens with one attached hydrogen (secondary N) is 2. The molecule has 0 aliphatic carbocycles. The average Bonchev–Trinajstić information content (AvgIpc) is 3.10. The molecule has 0 radical (unpaired) electrons. The minimum Gasteiger partial charge on any atom is -0.379 e. The Balaban J connectivity index is 1.57. The van der Waals surface area contributed by atoms with Crippen LogP contribution in [0.25, 0.3) is 5.65 Å². The van der Waals surface area contributed by atoms with Crippen LogP contribution in [0.15, 0.2) is 47.4 Å². The highest BCUT2D eigenvalue weighted by molar-refractivity contribution is 7.89. The zero-order valence-electron chi connectivity index (χ0n) is 16.6. The summed E-state index contributed by atoms with van der Waals surface area (Å²) in [6.45, 7) is 5.64. The molecule has 9 nitrogen and oxygen atoms in total. The second-order valence-corrected chi connectivity index (χ2v) is 8.53. The number of aromatic nitrogens is 4. The molecule has 0 aliphatic heterocycles. The molecule has 0 spiro atoms. The number of nitrogens with zero attached hydrogens (tertiary/aromatic N) is 4. The van der Waals surface area contributed by atoms with Crippen molar-refractivity contribution in [3.8, 4) is 0 Å². The van der Waals surface area contributed by atoms with E-state index in [1.807, 2.05) is 26.0 Å². The number of anilines is 1. The first-order valence-electron chi connectivity index (χ1n) is 9.57. The van der Waals surface area contributed by atoms with Gasteiger partial charge in [0.15, 0.2) is 11.5 Å². The number of hydrogen-bond acceptors (Lipinski definition) is 7. The summed E-state index contributed by atoms with van der Waals surface area (Å²) in [5, 5.41) is 16.0. The van der Waals surface area contributed by atoms with Gasteiger partial charge in [-0.15, -0.1) is 15.3 Å². The van der Waals surface area contributed by atoms with E-state index in [1.165, 1.54) is 0 Å². The van der Waals surface area contributed by atoms with Crippen LogP contribution in [0.2, 0.25) is 0 Å². The minimum absolute atomic E-state index is 0.198. The van der Waals surface area contributed by atoms with E-state index in [4.69, 9.17) is 4.74 Å². The van der Waals surface area contributed by atoms with Crippen LogP contribution in [0.1, 0.15) is 26.1 Å². The number of benzene rings is 1. The standard InChI is InChI=1S/C19H26N6O3S/c1-15(2)28-14-6-12-20-17-9-10-18-22-23-19(25(18)24-17)11-13-21-29(26,27)16-7-4-3-5-8-16/h3-5,7-10,15,21H,6,11-14H2,1-2H3,(H,20,24). The van der Waals surface area contributed by atoms with Gasteiger partial charge in [0.25, 0.3) is 0 Å². The molecule has 3 rings (SSSR count). The van der Waals surface area contributed by atoms with Gasteiger partial charge in [0.2, 0.25) is 10.0 Å². The largest absolute Gasteiger partial charge is 0.379 e. The van der Waals surface area contributed by atoms with E-state index >= 15 is 0 Å². The Morgan fingerprint density at radius 1 is 1.07 bits per heavy atom. The summed E-state index contributed by atoms with van der Waals surface area (Å²) >= 11 is 0. The van der Waals surface area contributed by atoms with E-state index in [2.05, 4.69) is 25.3 Å². The number of ether oxygens (including phenoxy) is 1. The molecule has 0 bridgehead atoms. The molecule has 156 valence electrons. The lowest BCUT2D eigenvalue weighted by Crippen LogP contribution is -2.26. The van der Waals surface area contributed by atoms with E-state index in [0.717, 1.165) is 13.0 Å². The third-order valence-electron chi connectivity index (χ3n) is 4.10. The Hall–Kier alpha value is -2.56. The third kappa shape index (κ3) is 5.96. The summed E-state index contributed by atoms with van der Waals surface area (Å²) in [7, 11) is -3.55. The molecular weight excluding hydrogens is 392 g/mol. The molecule has 29 heavy (non-hydrogen) atoms. The van der Waals surface area contributed by atoms with Crippen molar-refractivity contribution in [3.63, 3.8) is 0 Å². The molecule has 2 N–H and O–H groups in total. The van der Waals surface area contributed by atoms with Crippen LogP contribution < -0.4 is 10.0 Å². The Morgan fingerprint density at radius 3 is 2.62 bits per heavy atom. The van der Waals surface area contributed by atoms with Crippen LogP contribution in [-0.4, -0.2) is 54.0 Å². The highest BCUT2D eigenvalue weighted by Gasteiger charge is 2.14. The van der Waals surface area contributed by atoms with Gasteiger partial charge in [-0.2, -0.15) is 4.52 Å². The molecule has 0 fully saturated rings. The van der Waals surface area contributed by atoms with Crippen molar-refractivity contribution in [1.82, 2.24) is 24.5 Å². The SMILES string of the molecule is CC(C)OCCCNc1ccc2nnc(CCNS(=O)(=O)c3ccccc3)n2n1. The summed E-state index contributed by atoms with van der Waals surface area (Å²) in [5.41, 5.74) is 0.611. The molecule has 0 aliphatic rings. The molecule has 0 atom stereocenters. The lowest BCUT2D eigenvalue weighted by atomic mass is 10.4. The van der Waals surface area contributed by atoms with Crippen LogP contribution in [0.3, 0.4) is 0 Å². The maximum Gasteiger partial charge on any atom is 0.240 e. The van der Waals surface area contributed by atoms with E-state index < -0.39 is 10.0 Å². The Kier molecular flexibility index (Phi) is 7.13. The fourth-order valence-electron chi connectivity index (χ4n) is 2.67. The van der Waals surface area contributed by atoms with Gasteiger partial charge in [-0.3, -0.25) is 0 Å². The van der Waals surface area contributed by atoms with Gasteiger partial charge in [-0.25, -0.2) is 13.1 Å². The lowest BCUT2D eigenvalue weighted by molar-refractivity contribution is 0.0787. The van der Waals surface area contributed by atoms with E-state index in [-0.39, 0.29) is 17.5 Å². The van der Waals surface area contributed by atoms with Crippen molar-refractivity contribution in [2.24, 2.45) is 0 Å². The highest BCUT2D eigenvalue weighted by atomic mass is 32.2. The van der Waals surface area contributed by atoms with Gasteiger partial charge in [0, 0.05) is 26.1 Å². The lowest BCUT2D eigenvalue weighted by Gasteiger charge is -2.09. The summed E-state index contributed by atoms with van der Waals surface area (Å²) < 4.78 is 34.3. The fourth-order valence-corrected chi connectivity index (χ4v) is 3.72. The van der Waals surface area contributed by atoms with E-state index in [1.54, 1.807) is 34.8 Å². The first kappa shape index (κ1) is 21.2. The highest BCUT2D eigenvalue weighted by Crippen LogP contribution is 2.09. The maximum absolute atomic E-state index is 12.3. The van der Waals surface area contributed by atoms with Crippen molar-refractivity contribution in [1.29, 1.82) is 0 Å². The Bertz CT molecular complexity index is 1020. The Labute approximate surface area is 170 Å². The molecule has 0 amide bonds. The van der Waals surface area contributed by atoms with Crippen LogP contribution >= 0.6 is 0 Å². The van der Waals surface area contributed by atoms with Crippen molar-refractivity contribution in [2.45, 2.75) is 37.7 Å². The molecule has 0 saturated heterocycles. The topological polar surface area (TPSA) is 111 Å². The zero-order valence-corrected chi connectivity index (χ0v) is 17.4. The summed E-state index contributed by atoms with van der Waals surface area (Å²) in [6, 6.07) is 11.9. The quantitative estimate of drug-likeness (QED) is 0.457. The van der Waals surface area contributed by atoms with Crippen molar-refractivity contribution < 1.29 is 13.2 Å². The third-order valence-corrected chi connectivity index (χ3v) is 5.58. The summed E-state index contributed by atoms with van der Waals surface area (Å²) in [4.78, 5) is 0.233. The first-order chi connectivity index (χ1) is 14.0. The Morgan fingerprint density at radius 2 is 1.86 bits per heavy atom. The molecule has 10 heteroatoms. The van der Waals surface area contributed by atoms with Gasteiger partial charge >= 0.3 is 0 Å². The molecule has 2 aromatic heterocycles. The van der Waals surface area contributed by atoms with Gasteiger partial charge in [-0.1, -0.05) is 18.2 Å². The molecular formula is C19H26N6O3S. The minimum atomic E-state index is -3.55. The van der Waals surface area contributed by atoms with Crippen LogP contribution in [0.5, 0.6) is 0 Å². The molecule has 0 unspecified atom stereocenters. The molecule has 0 saturated carbocycles. The predicted molar refractivity (Wildman–Crippen MR) is 110 cm³/mol. The molecule has 1 aromatic carbocycles. The number of hydrogen-bond donors (Lipinski definition) is 2. The van der Waals surface area contributed by atoms with Gasteiger partial charge in [0.05, 0.1) is 11.0 Å². The summed E-state index contributed by atoms with van der Waals surface area (Å²) in [6.07, 6.45) is 1.46. The van der Waals surface area contributed by atoms with Crippen LogP contribution in [-0.2, 0) is 21.2 Å². The fraction of sp³-hybridized carbons (Fsp3) is 0.421. The summed E-state index contributed by atoms with van der Waals surface area (Å²) in [5.74, 6) is 1.29. The van der Waals surface area contributed by atoms with Crippen molar-refractivity contribution in [3.05, 3.63) is 48.3 Å². The average molecular weight is 419 g/mol. The van der Waals surface area contributed by atoms with Crippen molar-refractivity contribution in [2.75, 3.05) is 25.0 Å². The van der Waals surface area contributed by atoms with Crippen LogP contribution in [0, 0.1) is 0 Å². The second-order valence-electron chi connectivity index (χ2n) is 6.77. The number of rotatable bonds is 11. The van der Waals surface area contributed by atoms with Gasteiger partial charge in [-0.05, 0) is 44.5 Å².